The van der Waals surface area contributed by atoms with Crippen LogP contribution in [0.1, 0.15) is 34.7 Å². The third kappa shape index (κ3) is 3.68. The van der Waals surface area contributed by atoms with Gasteiger partial charge in [-0.25, -0.2) is 9.37 Å². The van der Waals surface area contributed by atoms with Crippen LogP contribution in [0, 0.1) is 5.82 Å². The van der Waals surface area contributed by atoms with Crippen LogP contribution in [0.3, 0.4) is 0 Å². The second-order valence-corrected chi connectivity index (χ2v) is 8.67. The summed E-state index contributed by atoms with van der Waals surface area (Å²) in [6.45, 7) is 0. The summed E-state index contributed by atoms with van der Waals surface area (Å²) in [6.07, 6.45) is 7.74. The van der Waals surface area contributed by atoms with Crippen molar-refractivity contribution in [3.8, 4) is 11.4 Å². The first-order valence-electron chi connectivity index (χ1n) is 10.3. The van der Waals surface area contributed by atoms with Gasteiger partial charge in [-0.05, 0) is 79.3 Å². The first-order chi connectivity index (χ1) is 15.1. The number of aryl methyl sites for hydroxylation is 2. The number of thiophene rings is 1. The average Bonchev–Trinajstić information content (AvgIpc) is 3.17. The number of nitrogens with zero attached hydrogens (tertiary/aromatic N) is 2. The number of hydrogen-bond acceptors (Lipinski definition) is 4. The topological polar surface area (TPSA) is 44.1 Å². The second-order valence-electron chi connectivity index (χ2n) is 7.59. The van der Waals surface area contributed by atoms with E-state index in [0.717, 1.165) is 52.9 Å². The molecule has 0 unspecified atom stereocenters. The molecule has 4 nitrogen and oxygen atoms in total. The monoisotopic (exact) mass is 432 g/mol. The van der Waals surface area contributed by atoms with E-state index in [9.17, 15) is 9.18 Å². The van der Waals surface area contributed by atoms with Gasteiger partial charge in [0.25, 0.3) is 5.56 Å². The zero-order valence-corrected chi connectivity index (χ0v) is 17.9. The van der Waals surface area contributed by atoms with Gasteiger partial charge in [0, 0.05) is 4.88 Å². The number of hydrogen-bond donors (Lipinski definition) is 0. The summed E-state index contributed by atoms with van der Waals surface area (Å²) in [5, 5.41) is 0.735. The molecule has 0 radical (unpaired) electrons. The molecule has 5 rings (SSSR count). The van der Waals surface area contributed by atoms with Gasteiger partial charge >= 0.3 is 0 Å². The molecule has 2 aromatic carbocycles. The zero-order valence-electron chi connectivity index (χ0n) is 17.1. The lowest BCUT2D eigenvalue weighted by Crippen LogP contribution is -2.22. The van der Waals surface area contributed by atoms with Crippen molar-refractivity contribution in [2.24, 2.45) is 0 Å². The SMILES string of the molecule is COc1ccc(-n2c(/C=C/c3cccc(F)c3)nc3sc4c(c3c2=O)CCCC4)cc1. The molecule has 156 valence electrons. The lowest BCUT2D eigenvalue weighted by molar-refractivity contribution is 0.414. The molecule has 0 saturated carbocycles. The molecule has 0 saturated heterocycles. The Morgan fingerprint density at radius 1 is 1.10 bits per heavy atom. The number of fused-ring (bicyclic) bond motifs is 3. The van der Waals surface area contributed by atoms with Crippen molar-refractivity contribution < 1.29 is 9.13 Å². The van der Waals surface area contributed by atoms with E-state index < -0.39 is 0 Å². The van der Waals surface area contributed by atoms with Crippen molar-refractivity contribution >= 4 is 33.7 Å². The van der Waals surface area contributed by atoms with E-state index in [0.29, 0.717) is 11.4 Å². The molecule has 0 amide bonds. The zero-order chi connectivity index (χ0) is 21.4. The minimum Gasteiger partial charge on any atom is -0.497 e. The van der Waals surface area contributed by atoms with Gasteiger partial charge in [0.15, 0.2) is 0 Å². The quantitative estimate of drug-likeness (QED) is 0.419. The minimum atomic E-state index is -0.302. The molecule has 0 fully saturated rings. The van der Waals surface area contributed by atoms with Crippen LogP contribution in [0.25, 0.3) is 28.1 Å². The molecule has 31 heavy (non-hydrogen) atoms. The maximum absolute atomic E-state index is 13.7. The third-order valence-corrected chi connectivity index (χ3v) is 6.80. The van der Waals surface area contributed by atoms with E-state index >= 15 is 0 Å². The van der Waals surface area contributed by atoms with E-state index in [2.05, 4.69) is 0 Å². The highest BCUT2D eigenvalue weighted by Gasteiger charge is 2.22. The Hall–Kier alpha value is -3.25. The van der Waals surface area contributed by atoms with Crippen molar-refractivity contribution in [3.63, 3.8) is 0 Å². The molecule has 1 aliphatic carbocycles. The Balaban J connectivity index is 1.72. The van der Waals surface area contributed by atoms with Crippen LogP contribution in [0.5, 0.6) is 5.75 Å². The molecule has 0 N–H and O–H groups in total. The Bertz CT molecular complexity index is 1350. The lowest BCUT2D eigenvalue weighted by Gasteiger charge is -2.13. The molecular weight excluding hydrogens is 411 g/mol. The van der Waals surface area contributed by atoms with Crippen molar-refractivity contribution in [2.75, 3.05) is 7.11 Å². The average molecular weight is 433 g/mol. The highest BCUT2D eigenvalue weighted by molar-refractivity contribution is 7.18. The first-order valence-corrected chi connectivity index (χ1v) is 11.1. The Morgan fingerprint density at radius 3 is 2.68 bits per heavy atom. The summed E-state index contributed by atoms with van der Waals surface area (Å²) in [5.41, 5.74) is 2.52. The van der Waals surface area contributed by atoms with Gasteiger partial charge in [0.2, 0.25) is 0 Å². The Morgan fingerprint density at radius 2 is 1.90 bits per heavy atom. The van der Waals surface area contributed by atoms with E-state index in [1.165, 1.54) is 17.0 Å². The molecule has 2 heterocycles. The molecule has 2 aromatic heterocycles. The largest absolute Gasteiger partial charge is 0.497 e. The highest BCUT2D eigenvalue weighted by Crippen LogP contribution is 2.34. The molecule has 0 aliphatic heterocycles. The standard InChI is InChI=1S/C25H21FN2O2S/c1-30-19-12-10-18(11-13-19)28-22(14-9-16-5-4-6-17(26)15-16)27-24-23(25(28)29)20-7-2-3-8-21(20)31-24/h4-6,9-15H,2-3,7-8H2,1H3/b14-9+. The van der Waals surface area contributed by atoms with Gasteiger partial charge in [0.1, 0.15) is 22.2 Å². The van der Waals surface area contributed by atoms with E-state index in [1.807, 2.05) is 30.3 Å². The number of rotatable bonds is 4. The van der Waals surface area contributed by atoms with Gasteiger partial charge in [-0.1, -0.05) is 18.2 Å². The molecule has 0 atom stereocenters. The van der Waals surface area contributed by atoms with E-state index in [4.69, 9.17) is 9.72 Å². The first kappa shape index (κ1) is 19.7. The number of methoxy groups -OCH3 is 1. The van der Waals surface area contributed by atoms with Crippen LogP contribution in [-0.2, 0) is 12.8 Å². The van der Waals surface area contributed by atoms with Gasteiger partial charge in [-0.3, -0.25) is 9.36 Å². The maximum Gasteiger partial charge on any atom is 0.267 e. The van der Waals surface area contributed by atoms with Gasteiger partial charge in [-0.15, -0.1) is 11.3 Å². The van der Waals surface area contributed by atoms with Gasteiger partial charge < -0.3 is 4.74 Å². The van der Waals surface area contributed by atoms with Crippen LogP contribution in [0.2, 0.25) is 0 Å². The highest BCUT2D eigenvalue weighted by atomic mass is 32.1. The number of halogens is 1. The van der Waals surface area contributed by atoms with Crippen molar-refractivity contribution in [2.45, 2.75) is 25.7 Å². The van der Waals surface area contributed by atoms with Crippen molar-refractivity contribution in [1.29, 1.82) is 0 Å². The number of aromatic nitrogens is 2. The fourth-order valence-electron chi connectivity index (χ4n) is 4.09. The minimum absolute atomic E-state index is 0.0616. The van der Waals surface area contributed by atoms with E-state index in [-0.39, 0.29) is 11.4 Å². The third-order valence-electron chi connectivity index (χ3n) is 5.62. The molecular formula is C25H21FN2O2S. The smallest absolute Gasteiger partial charge is 0.267 e. The molecule has 1 aliphatic rings. The predicted octanol–water partition coefficient (Wildman–Crippen LogP) is 5.64. The van der Waals surface area contributed by atoms with Crippen LogP contribution in [0.4, 0.5) is 4.39 Å². The second kappa shape index (κ2) is 8.12. The fourth-order valence-corrected chi connectivity index (χ4v) is 5.35. The maximum atomic E-state index is 13.7. The summed E-state index contributed by atoms with van der Waals surface area (Å²) in [4.78, 5) is 20.6. The van der Waals surface area contributed by atoms with Crippen molar-refractivity contribution in [1.82, 2.24) is 9.55 Å². The van der Waals surface area contributed by atoms with Crippen LogP contribution in [0.15, 0.2) is 53.3 Å². The van der Waals surface area contributed by atoms with Gasteiger partial charge in [0.05, 0.1) is 18.2 Å². The fraction of sp³-hybridized carbons (Fsp3) is 0.200. The summed E-state index contributed by atoms with van der Waals surface area (Å²) in [6, 6.07) is 13.7. The predicted molar refractivity (Wildman–Crippen MR) is 124 cm³/mol. The van der Waals surface area contributed by atoms with Gasteiger partial charge in [-0.2, -0.15) is 0 Å². The molecule has 0 spiro atoms. The molecule has 0 bridgehead atoms. The number of ether oxygens (including phenoxy) is 1. The summed E-state index contributed by atoms with van der Waals surface area (Å²) < 4.78 is 20.5. The van der Waals surface area contributed by atoms with Crippen LogP contribution >= 0.6 is 11.3 Å². The lowest BCUT2D eigenvalue weighted by atomic mass is 9.97. The van der Waals surface area contributed by atoms with Crippen molar-refractivity contribution in [3.05, 3.63) is 86.5 Å². The normalized spacial score (nSPS) is 13.6. The van der Waals surface area contributed by atoms with Crippen LogP contribution in [-0.4, -0.2) is 16.7 Å². The summed E-state index contributed by atoms with van der Waals surface area (Å²) in [5.74, 6) is 0.935. The summed E-state index contributed by atoms with van der Waals surface area (Å²) in [7, 11) is 1.61. The van der Waals surface area contributed by atoms with E-state index in [1.54, 1.807) is 41.2 Å². The van der Waals surface area contributed by atoms with Crippen LogP contribution < -0.4 is 10.3 Å². The summed E-state index contributed by atoms with van der Waals surface area (Å²) >= 11 is 1.62. The molecule has 6 heteroatoms. The molecule has 4 aromatic rings. The number of benzene rings is 2. The Labute approximate surface area is 183 Å². The Kier molecular flexibility index (Phi) is 5.16.